The summed E-state index contributed by atoms with van der Waals surface area (Å²) in [7, 11) is 0. The van der Waals surface area contributed by atoms with Gasteiger partial charge in [-0.1, -0.05) is 48.5 Å². The van der Waals surface area contributed by atoms with Crippen LogP contribution >= 0.6 is 0 Å². The number of rotatable bonds is 3. The van der Waals surface area contributed by atoms with Crippen molar-refractivity contribution in [1.82, 2.24) is 4.68 Å². The Labute approximate surface area is 105 Å². The summed E-state index contributed by atoms with van der Waals surface area (Å²) < 4.78 is 7.33. The van der Waals surface area contributed by atoms with Gasteiger partial charge in [-0.25, -0.2) is 4.68 Å². The summed E-state index contributed by atoms with van der Waals surface area (Å²) >= 11 is 0. The zero-order chi connectivity index (χ0) is 12.4. The monoisotopic (exact) mass is 238 g/mol. The van der Waals surface area contributed by atoms with Crippen molar-refractivity contribution >= 4 is 10.9 Å². The third kappa shape index (κ3) is 1.91. The predicted molar refractivity (Wildman–Crippen MR) is 72.9 cm³/mol. The Kier molecular flexibility index (Phi) is 2.65. The van der Waals surface area contributed by atoms with Crippen molar-refractivity contribution in [3.63, 3.8) is 0 Å². The minimum atomic E-state index is 0.522. The average Bonchev–Trinajstić information content (AvgIpc) is 2.75. The van der Waals surface area contributed by atoms with Gasteiger partial charge in [-0.15, -0.1) is 0 Å². The molecule has 0 aliphatic carbocycles. The molecule has 0 fully saturated rings. The molecule has 1 heterocycles. The SMILES string of the molecule is Nn1c(OCc2ccccc2)cc2ccccc21. The van der Waals surface area contributed by atoms with E-state index >= 15 is 0 Å². The van der Waals surface area contributed by atoms with Gasteiger partial charge in [0.15, 0.2) is 0 Å². The molecule has 0 spiro atoms. The minimum Gasteiger partial charge on any atom is -0.473 e. The molecule has 0 radical (unpaired) electrons. The second-order valence-corrected chi connectivity index (χ2v) is 4.19. The maximum atomic E-state index is 5.99. The number of para-hydroxylation sites is 1. The molecule has 0 bridgehead atoms. The van der Waals surface area contributed by atoms with E-state index in [9.17, 15) is 0 Å². The van der Waals surface area contributed by atoms with Gasteiger partial charge >= 0.3 is 0 Å². The molecule has 90 valence electrons. The molecule has 0 aliphatic heterocycles. The summed E-state index contributed by atoms with van der Waals surface area (Å²) in [6.45, 7) is 0.522. The first-order chi connectivity index (χ1) is 8.84. The van der Waals surface area contributed by atoms with Crippen LogP contribution in [-0.4, -0.2) is 4.68 Å². The lowest BCUT2D eigenvalue weighted by molar-refractivity contribution is 0.287. The van der Waals surface area contributed by atoms with Gasteiger partial charge in [0.1, 0.15) is 6.61 Å². The van der Waals surface area contributed by atoms with E-state index in [1.165, 1.54) is 0 Å². The molecule has 2 N–H and O–H groups in total. The topological polar surface area (TPSA) is 40.2 Å². The first kappa shape index (κ1) is 10.7. The molecule has 0 amide bonds. The van der Waals surface area contributed by atoms with Crippen LogP contribution in [0.4, 0.5) is 0 Å². The molecule has 0 atom stereocenters. The van der Waals surface area contributed by atoms with Crippen molar-refractivity contribution in [1.29, 1.82) is 0 Å². The average molecular weight is 238 g/mol. The van der Waals surface area contributed by atoms with E-state index in [-0.39, 0.29) is 0 Å². The van der Waals surface area contributed by atoms with Crippen molar-refractivity contribution in [2.45, 2.75) is 6.61 Å². The fourth-order valence-electron chi connectivity index (χ4n) is 1.99. The second kappa shape index (κ2) is 4.45. The van der Waals surface area contributed by atoms with Crippen LogP contribution in [-0.2, 0) is 6.61 Å². The Morgan fingerprint density at radius 3 is 2.44 bits per heavy atom. The van der Waals surface area contributed by atoms with E-state index in [0.29, 0.717) is 12.5 Å². The first-order valence-electron chi connectivity index (χ1n) is 5.87. The Morgan fingerprint density at radius 1 is 0.944 bits per heavy atom. The molecule has 2 aromatic carbocycles. The highest BCUT2D eigenvalue weighted by atomic mass is 16.5. The summed E-state index contributed by atoms with van der Waals surface area (Å²) in [6, 6.07) is 20.0. The highest BCUT2D eigenvalue weighted by molar-refractivity contribution is 5.82. The zero-order valence-corrected chi connectivity index (χ0v) is 9.91. The van der Waals surface area contributed by atoms with Crippen LogP contribution in [0.1, 0.15) is 5.56 Å². The molecule has 3 nitrogen and oxygen atoms in total. The fourth-order valence-corrected chi connectivity index (χ4v) is 1.99. The van der Waals surface area contributed by atoms with Crippen molar-refractivity contribution < 1.29 is 4.74 Å². The van der Waals surface area contributed by atoms with Crippen LogP contribution in [0, 0.1) is 0 Å². The van der Waals surface area contributed by atoms with Gasteiger partial charge in [0.05, 0.1) is 5.52 Å². The lowest BCUT2D eigenvalue weighted by Gasteiger charge is -2.07. The van der Waals surface area contributed by atoms with Crippen LogP contribution in [0.3, 0.4) is 0 Å². The number of ether oxygens (including phenoxy) is 1. The van der Waals surface area contributed by atoms with E-state index in [4.69, 9.17) is 10.6 Å². The van der Waals surface area contributed by atoms with Crippen LogP contribution < -0.4 is 10.6 Å². The van der Waals surface area contributed by atoms with Gasteiger partial charge in [-0.3, -0.25) is 0 Å². The molecular weight excluding hydrogens is 224 g/mol. The smallest absolute Gasteiger partial charge is 0.213 e. The van der Waals surface area contributed by atoms with Gasteiger partial charge in [0.2, 0.25) is 5.88 Å². The molecule has 0 saturated carbocycles. The number of hydrogen-bond acceptors (Lipinski definition) is 2. The van der Waals surface area contributed by atoms with Crippen LogP contribution in [0.2, 0.25) is 0 Å². The number of fused-ring (bicyclic) bond motifs is 1. The van der Waals surface area contributed by atoms with E-state index in [0.717, 1.165) is 16.5 Å². The number of hydrogen-bond donors (Lipinski definition) is 1. The van der Waals surface area contributed by atoms with Gasteiger partial charge in [0.25, 0.3) is 0 Å². The second-order valence-electron chi connectivity index (χ2n) is 4.19. The number of nitrogen functional groups attached to an aromatic ring is 1. The third-order valence-electron chi connectivity index (χ3n) is 2.94. The number of aromatic nitrogens is 1. The summed E-state index contributed by atoms with van der Waals surface area (Å²) in [5, 5.41) is 1.09. The van der Waals surface area contributed by atoms with Gasteiger partial charge in [0, 0.05) is 11.5 Å². The molecule has 18 heavy (non-hydrogen) atoms. The molecule has 0 saturated heterocycles. The van der Waals surface area contributed by atoms with Gasteiger partial charge in [-0.2, -0.15) is 0 Å². The Bertz CT molecular complexity index is 659. The summed E-state index contributed by atoms with van der Waals surface area (Å²) in [5.41, 5.74) is 2.10. The highest BCUT2D eigenvalue weighted by Gasteiger charge is 2.06. The van der Waals surface area contributed by atoms with Crippen molar-refractivity contribution in [3.8, 4) is 5.88 Å². The van der Waals surface area contributed by atoms with E-state index in [1.54, 1.807) is 4.68 Å². The van der Waals surface area contributed by atoms with Gasteiger partial charge in [-0.05, 0) is 11.6 Å². The third-order valence-corrected chi connectivity index (χ3v) is 2.94. The predicted octanol–water partition coefficient (Wildman–Crippen LogP) is 2.93. The van der Waals surface area contributed by atoms with Gasteiger partial charge < -0.3 is 10.6 Å². The zero-order valence-electron chi connectivity index (χ0n) is 9.91. The Morgan fingerprint density at radius 2 is 1.67 bits per heavy atom. The molecule has 0 unspecified atom stereocenters. The van der Waals surface area contributed by atoms with Crippen molar-refractivity contribution in [2.75, 3.05) is 5.84 Å². The molecule has 0 aliphatic rings. The number of nitrogens with zero attached hydrogens (tertiary/aromatic N) is 1. The summed E-state index contributed by atoms with van der Waals surface area (Å²) in [5.74, 6) is 6.68. The lowest BCUT2D eigenvalue weighted by Crippen LogP contribution is -2.10. The molecule has 3 aromatic rings. The van der Waals surface area contributed by atoms with E-state index < -0.39 is 0 Å². The number of nitrogens with two attached hydrogens (primary N) is 1. The summed E-state index contributed by atoms with van der Waals surface area (Å²) in [4.78, 5) is 0. The fraction of sp³-hybridized carbons (Fsp3) is 0.0667. The van der Waals surface area contributed by atoms with Crippen molar-refractivity contribution in [3.05, 3.63) is 66.2 Å². The Hall–Kier alpha value is -2.42. The quantitative estimate of drug-likeness (QED) is 0.713. The Balaban J connectivity index is 1.85. The molecular formula is C15H14N2O. The maximum Gasteiger partial charge on any atom is 0.213 e. The highest BCUT2D eigenvalue weighted by Crippen LogP contribution is 2.23. The molecule has 1 aromatic heterocycles. The lowest BCUT2D eigenvalue weighted by atomic mass is 10.2. The first-order valence-corrected chi connectivity index (χ1v) is 5.87. The van der Waals surface area contributed by atoms with E-state index in [1.807, 2.05) is 60.7 Å². The standard InChI is InChI=1S/C15H14N2O/c16-17-14-9-5-4-8-13(14)10-15(17)18-11-12-6-2-1-3-7-12/h1-10H,11,16H2. The van der Waals surface area contributed by atoms with Crippen LogP contribution in [0.15, 0.2) is 60.7 Å². The molecule has 3 heteroatoms. The van der Waals surface area contributed by atoms with Crippen molar-refractivity contribution in [2.24, 2.45) is 0 Å². The number of benzene rings is 2. The maximum absolute atomic E-state index is 5.99. The van der Waals surface area contributed by atoms with Crippen LogP contribution in [0.5, 0.6) is 5.88 Å². The van der Waals surface area contributed by atoms with Crippen LogP contribution in [0.25, 0.3) is 10.9 Å². The normalized spacial score (nSPS) is 10.7. The minimum absolute atomic E-state index is 0.522. The largest absolute Gasteiger partial charge is 0.473 e. The molecule has 3 rings (SSSR count). The summed E-state index contributed by atoms with van der Waals surface area (Å²) in [6.07, 6.45) is 0. The van der Waals surface area contributed by atoms with E-state index in [2.05, 4.69) is 0 Å².